The van der Waals surface area contributed by atoms with Crippen molar-refractivity contribution >= 4 is 27.7 Å². The summed E-state index contributed by atoms with van der Waals surface area (Å²) in [7, 11) is 0. The minimum atomic E-state index is -0.578. The van der Waals surface area contributed by atoms with Gasteiger partial charge >= 0.3 is 0 Å². The van der Waals surface area contributed by atoms with Crippen LogP contribution < -0.4 is 4.74 Å². The Morgan fingerprint density at radius 3 is 3.11 bits per heavy atom. The number of ether oxygens (including phenoxy) is 1. The average molecular weight is 329 g/mol. The lowest BCUT2D eigenvalue weighted by molar-refractivity contribution is 0.0273. The van der Waals surface area contributed by atoms with Crippen molar-refractivity contribution in [3.63, 3.8) is 0 Å². The molecule has 0 aliphatic carbocycles. The number of benzene rings is 1. The van der Waals surface area contributed by atoms with Crippen LogP contribution in [0.15, 0.2) is 16.6 Å². The lowest BCUT2D eigenvalue weighted by Gasteiger charge is -2.27. The smallest absolute Gasteiger partial charge is 0.125 e. The van der Waals surface area contributed by atoms with Gasteiger partial charge in [0.2, 0.25) is 0 Å². The molecule has 2 aliphatic rings. The monoisotopic (exact) mass is 328 g/mol. The van der Waals surface area contributed by atoms with Gasteiger partial charge in [-0.05, 0) is 34.9 Å². The molecule has 0 bridgehead atoms. The Labute approximate surface area is 120 Å². The highest BCUT2D eigenvalue weighted by Crippen LogP contribution is 2.40. The lowest BCUT2D eigenvalue weighted by Crippen LogP contribution is -2.37. The molecular weight excluding hydrogens is 312 g/mol. The van der Waals surface area contributed by atoms with E-state index in [1.54, 1.807) is 0 Å². The summed E-state index contributed by atoms with van der Waals surface area (Å²) in [6.45, 7) is 2.90. The van der Waals surface area contributed by atoms with Crippen LogP contribution >= 0.6 is 27.7 Å². The van der Waals surface area contributed by atoms with Crippen LogP contribution in [0.5, 0.6) is 5.75 Å². The summed E-state index contributed by atoms with van der Waals surface area (Å²) in [4.78, 5) is 0. The number of fused-ring (bicyclic) bond motifs is 1. The highest BCUT2D eigenvalue weighted by Gasteiger charge is 2.40. The van der Waals surface area contributed by atoms with E-state index in [9.17, 15) is 5.11 Å². The van der Waals surface area contributed by atoms with Gasteiger partial charge in [-0.25, -0.2) is 0 Å². The topological polar surface area (TPSA) is 29.5 Å². The van der Waals surface area contributed by atoms with Crippen LogP contribution in [0.1, 0.15) is 18.1 Å². The molecule has 3 rings (SSSR count). The second kappa shape index (κ2) is 4.73. The number of hydrogen-bond donors (Lipinski definition) is 1. The molecule has 98 valence electrons. The molecule has 0 amide bonds. The van der Waals surface area contributed by atoms with Crippen LogP contribution in [0.3, 0.4) is 0 Å². The molecule has 0 saturated carbocycles. The zero-order valence-corrected chi connectivity index (χ0v) is 12.8. The predicted molar refractivity (Wildman–Crippen MR) is 78.5 cm³/mol. The standard InChI is InChI=1S/C14H17BrO2S/c1-9-7-18-8-14(9,16)6-11-5-12(15)4-10-2-3-17-13(10)11/h4-5,9,16H,2-3,6-8H2,1H3. The molecule has 1 N–H and O–H groups in total. The molecule has 2 aliphatic heterocycles. The van der Waals surface area contributed by atoms with E-state index in [-0.39, 0.29) is 0 Å². The van der Waals surface area contributed by atoms with Crippen molar-refractivity contribution in [3.8, 4) is 5.75 Å². The van der Waals surface area contributed by atoms with Gasteiger partial charge in [-0.3, -0.25) is 0 Å². The van der Waals surface area contributed by atoms with Crippen molar-refractivity contribution in [2.75, 3.05) is 18.1 Å². The number of halogens is 1. The summed E-state index contributed by atoms with van der Waals surface area (Å²) in [5.41, 5.74) is 1.83. The van der Waals surface area contributed by atoms with E-state index >= 15 is 0 Å². The molecule has 0 radical (unpaired) electrons. The summed E-state index contributed by atoms with van der Waals surface area (Å²) in [6.07, 6.45) is 1.67. The molecule has 2 heterocycles. The predicted octanol–water partition coefficient (Wildman–Crippen LogP) is 3.04. The maximum atomic E-state index is 10.7. The highest BCUT2D eigenvalue weighted by molar-refractivity contribution is 9.10. The first kappa shape index (κ1) is 12.8. The van der Waals surface area contributed by atoms with E-state index in [1.165, 1.54) is 5.56 Å². The first-order valence-electron chi connectivity index (χ1n) is 6.33. The van der Waals surface area contributed by atoms with Crippen molar-refractivity contribution in [1.82, 2.24) is 0 Å². The average Bonchev–Trinajstić information content (AvgIpc) is 2.87. The third-order valence-electron chi connectivity index (χ3n) is 3.96. The fourth-order valence-electron chi connectivity index (χ4n) is 2.74. The SMILES string of the molecule is CC1CSCC1(O)Cc1cc(Br)cc2c1OCC2. The van der Waals surface area contributed by atoms with Crippen molar-refractivity contribution in [1.29, 1.82) is 0 Å². The number of hydrogen-bond acceptors (Lipinski definition) is 3. The lowest BCUT2D eigenvalue weighted by atomic mass is 9.85. The summed E-state index contributed by atoms with van der Waals surface area (Å²) < 4.78 is 6.82. The Kier molecular flexibility index (Phi) is 3.37. The fourth-order valence-corrected chi connectivity index (χ4v) is 4.82. The van der Waals surface area contributed by atoms with Crippen LogP contribution in [-0.2, 0) is 12.8 Å². The molecule has 1 fully saturated rings. The van der Waals surface area contributed by atoms with Gasteiger partial charge in [0.1, 0.15) is 5.75 Å². The normalized spacial score (nSPS) is 30.3. The van der Waals surface area contributed by atoms with Gasteiger partial charge in [-0.15, -0.1) is 0 Å². The van der Waals surface area contributed by atoms with Crippen molar-refractivity contribution in [2.45, 2.75) is 25.4 Å². The van der Waals surface area contributed by atoms with Gasteiger partial charge in [0.25, 0.3) is 0 Å². The van der Waals surface area contributed by atoms with Crippen LogP contribution in [0, 0.1) is 5.92 Å². The quantitative estimate of drug-likeness (QED) is 0.904. The Bertz CT molecular complexity index is 477. The minimum absolute atomic E-state index is 0.346. The Morgan fingerprint density at radius 1 is 1.56 bits per heavy atom. The van der Waals surface area contributed by atoms with Crippen molar-refractivity contribution in [3.05, 3.63) is 27.7 Å². The molecule has 18 heavy (non-hydrogen) atoms. The maximum Gasteiger partial charge on any atom is 0.125 e. The zero-order chi connectivity index (χ0) is 12.8. The number of rotatable bonds is 2. The third-order valence-corrected chi connectivity index (χ3v) is 5.86. The molecule has 2 atom stereocenters. The summed E-state index contributed by atoms with van der Waals surface area (Å²) >= 11 is 5.40. The molecule has 0 aromatic heterocycles. The Morgan fingerprint density at radius 2 is 2.39 bits per heavy atom. The van der Waals surface area contributed by atoms with Crippen LogP contribution in [0.2, 0.25) is 0 Å². The van der Waals surface area contributed by atoms with Gasteiger partial charge in [0.05, 0.1) is 12.2 Å². The number of thioether (sulfide) groups is 1. The molecule has 1 saturated heterocycles. The molecule has 0 spiro atoms. The fraction of sp³-hybridized carbons (Fsp3) is 0.571. The zero-order valence-electron chi connectivity index (χ0n) is 10.4. The van der Waals surface area contributed by atoms with Gasteiger partial charge < -0.3 is 9.84 Å². The molecule has 1 aromatic carbocycles. The van der Waals surface area contributed by atoms with E-state index in [2.05, 4.69) is 35.0 Å². The number of aliphatic hydroxyl groups is 1. The summed E-state index contributed by atoms with van der Waals surface area (Å²) in [5, 5.41) is 10.7. The van der Waals surface area contributed by atoms with Gasteiger partial charge in [0, 0.05) is 23.1 Å². The van der Waals surface area contributed by atoms with Crippen molar-refractivity contribution in [2.24, 2.45) is 5.92 Å². The Balaban J connectivity index is 1.93. The van der Waals surface area contributed by atoms with Crippen LogP contribution in [0.25, 0.3) is 0 Å². The minimum Gasteiger partial charge on any atom is -0.493 e. The largest absolute Gasteiger partial charge is 0.493 e. The van der Waals surface area contributed by atoms with E-state index < -0.39 is 5.60 Å². The first-order valence-corrected chi connectivity index (χ1v) is 8.27. The summed E-state index contributed by atoms with van der Waals surface area (Å²) in [5.74, 6) is 3.23. The van der Waals surface area contributed by atoms with E-state index in [1.807, 2.05) is 11.8 Å². The van der Waals surface area contributed by atoms with E-state index in [0.717, 1.165) is 40.3 Å². The van der Waals surface area contributed by atoms with Crippen LogP contribution in [0.4, 0.5) is 0 Å². The summed E-state index contributed by atoms with van der Waals surface area (Å²) in [6, 6.07) is 4.22. The molecule has 1 aromatic rings. The molecule has 4 heteroatoms. The molecule has 2 nitrogen and oxygen atoms in total. The van der Waals surface area contributed by atoms with Gasteiger partial charge in [0.15, 0.2) is 0 Å². The van der Waals surface area contributed by atoms with Gasteiger partial charge in [-0.2, -0.15) is 11.8 Å². The highest BCUT2D eigenvalue weighted by atomic mass is 79.9. The van der Waals surface area contributed by atoms with Crippen LogP contribution in [-0.4, -0.2) is 28.8 Å². The third kappa shape index (κ3) is 2.19. The van der Waals surface area contributed by atoms with E-state index in [0.29, 0.717) is 12.3 Å². The maximum absolute atomic E-state index is 10.7. The molecular formula is C14H17BrO2S. The Hall–Kier alpha value is -0.190. The molecule has 2 unspecified atom stereocenters. The second-order valence-corrected chi connectivity index (χ2v) is 7.29. The van der Waals surface area contributed by atoms with Gasteiger partial charge in [-0.1, -0.05) is 22.9 Å². The second-order valence-electron chi connectivity index (χ2n) is 5.35. The van der Waals surface area contributed by atoms with Crippen molar-refractivity contribution < 1.29 is 9.84 Å². The first-order chi connectivity index (χ1) is 8.58. The van der Waals surface area contributed by atoms with E-state index in [4.69, 9.17) is 4.74 Å².